The fraction of sp³-hybridized carbons (Fsp3) is 0.469. The Balaban J connectivity index is 1.48. The largest absolute Gasteiger partial charge is 0.436 e. The lowest BCUT2D eigenvalue weighted by atomic mass is 9.87. The molecule has 0 radical (unpaired) electrons. The van der Waals surface area contributed by atoms with Crippen LogP contribution in [-0.4, -0.2) is 75.5 Å². The van der Waals surface area contributed by atoms with Gasteiger partial charge >= 0.3 is 6.09 Å². The smallest absolute Gasteiger partial charge is 0.410 e. The number of nitrogens with zero attached hydrogens (tertiary/aromatic N) is 4. The van der Waals surface area contributed by atoms with E-state index in [1.54, 1.807) is 23.2 Å². The number of ether oxygens (including phenoxy) is 1. The van der Waals surface area contributed by atoms with Crippen molar-refractivity contribution in [2.24, 2.45) is 5.41 Å². The Morgan fingerprint density at radius 2 is 1.93 bits per heavy atom. The van der Waals surface area contributed by atoms with E-state index in [2.05, 4.69) is 36.1 Å². The molecule has 0 spiro atoms. The van der Waals surface area contributed by atoms with Gasteiger partial charge in [-0.25, -0.2) is 14.2 Å². The van der Waals surface area contributed by atoms with Gasteiger partial charge in [0.2, 0.25) is 5.91 Å². The molecule has 1 aliphatic heterocycles. The van der Waals surface area contributed by atoms with Crippen LogP contribution in [0.25, 0.3) is 11.0 Å². The summed E-state index contributed by atoms with van der Waals surface area (Å²) < 4.78 is 21.1. The number of imidazole rings is 1. The maximum Gasteiger partial charge on any atom is 0.410 e. The van der Waals surface area contributed by atoms with Crippen molar-refractivity contribution in [1.82, 2.24) is 24.3 Å². The van der Waals surface area contributed by atoms with Crippen molar-refractivity contribution in [2.45, 2.75) is 65.5 Å². The Morgan fingerprint density at radius 3 is 2.61 bits per heavy atom. The van der Waals surface area contributed by atoms with Crippen molar-refractivity contribution in [3.8, 4) is 0 Å². The van der Waals surface area contributed by atoms with Crippen molar-refractivity contribution in [1.29, 1.82) is 0 Å². The van der Waals surface area contributed by atoms with Crippen molar-refractivity contribution >= 4 is 34.6 Å². The summed E-state index contributed by atoms with van der Waals surface area (Å²) in [7, 11) is 3.00. The number of H-pyrrole nitrogens is 1. The highest BCUT2D eigenvalue weighted by Gasteiger charge is 2.25. The first-order chi connectivity index (χ1) is 20.8. The SMILES string of the molecule is CN(C)C(=O)OC(CCC=CC(=O)N1CCCC1)C(=O)Nc1cccn(Cc2nc3c(CC(C)(C)C)cc(F)cc3[nH]2)c1=O. The first-order valence-corrected chi connectivity index (χ1v) is 14.8. The van der Waals surface area contributed by atoms with Gasteiger partial charge in [0.05, 0.1) is 17.6 Å². The number of rotatable bonds is 10. The summed E-state index contributed by atoms with van der Waals surface area (Å²) in [6, 6.07) is 5.94. The molecular formula is C32H41FN6O5. The van der Waals surface area contributed by atoms with Crippen LogP contribution in [0.2, 0.25) is 0 Å². The monoisotopic (exact) mass is 608 g/mol. The Hall–Kier alpha value is -4.48. The van der Waals surface area contributed by atoms with Crippen molar-refractivity contribution in [2.75, 3.05) is 32.5 Å². The number of carbonyl (C=O) groups is 3. The molecule has 0 aliphatic carbocycles. The topological polar surface area (TPSA) is 130 Å². The van der Waals surface area contributed by atoms with Crippen molar-refractivity contribution < 1.29 is 23.5 Å². The minimum atomic E-state index is -1.20. The molecule has 1 aliphatic rings. The predicted octanol–water partition coefficient (Wildman–Crippen LogP) is 4.46. The second kappa shape index (κ2) is 13.9. The molecule has 3 aromatic rings. The molecule has 4 rings (SSSR count). The van der Waals surface area contributed by atoms with E-state index < -0.39 is 23.7 Å². The second-order valence-electron chi connectivity index (χ2n) is 12.5. The number of likely N-dealkylation sites (tertiary alicyclic amines) is 1. The third-order valence-electron chi connectivity index (χ3n) is 7.17. The molecule has 2 N–H and O–H groups in total. The standard InChI is InChI=1S/C32H41FN6O5/c1-32(2,3)19-21-17-22(33)18-24-28(21)36-26(34-24)20-39-16-10-11-23(30(39)42)35-29(41)25(44-31(43)37(4)5)12-6-7-13-27(40)38-14-8-9-15-38/h7,10-11,13,16-18,25H,6,8-9,12,14-15,19-20H2,1-5H3,(H,34,36)(H,35,41). The molecule has 3 heterocycles. The number of hydrogen-bond donors (Lipinski definition) is 2. The first-order valence-electron chi connectivity index (χ1n) is 14.8. The number of anilines is 1. The maximum atomic E-state index is 14.3. The van der Waals surface area contributed by atoms with Crippen LogP contribution >= 0.6 is 0 Å². The summed E-state index contributed by atoms with van der Waals surface area (Å²) in [5.41, 5.74) is 1.39. The van der Waals surface area contributed by atoms with E-state index in [1.807, 2.05) is 0 Å². The predicted molar refractivity (Wildman–Crippen MR) is 166 cm³/mol. The normalized spacial score (nSPS) is 14.3. The highest BCUT2D eigenvalue weighted by atomic mass is 19.1. The zero-order chi connectivity index (χ0) is 32.0. The molecule has 1 fully saturated rings. The minimum Gasteiger partial charge on any atom is -0.436 e. The molecule has 3 amide bonds. The highest BCUT2D eigenvalue weighted by molar-refractivity contribution is 5.95. The number of fused-ring (bicyclic) bond motifs is 1. The van der Waals surface area contributed by atoms with Gasteiger partial charge in [-0.3, -0.25) is 14.4 Å². The lowest BCUT2D eigenvalue weighted by Crippen LogP contribution is -2.37. The van der Waals surface area contributed by atoms with Crippen LogP contribution in [0.1, 0.15) is 57.8 Å². The van der Waals surface area contributed by atoms with Gasteiger partial charge in [-0.05, 0) is 73.4 Å². The van der Waals surface area contributed by atoms with Gasteiger partial charge in [-0.15, -0.1) is 0 Å². The first kappa shape index (κ1) is 32.4. The van der Waals surface area contributed by atoms with E-state index in [1.165, 1.54) is 47.8 Å². The molecule has 0 saturated carbocycles. The van der Waals surface area contributed by atoms with E-state index >= 15 is 0 Å². The molecule has 236 valence electrons. The number of amides is 3. The summed E-state index contributed by atoms with van der Waals surface area (Å²) in [5, 5.41) is 2.60. The van der Waals surface area contributed by atoms with Gasteiger partial charge in [0, 0.05) is 33.4 Å². The van der Waals surface area contributed by atoms with Gasteiger partial charge in [-0.2, -0.15) is 0 Å². The quantitative estimate of drug-likeness (QED) is 0.327. The lowest BCUT2D eigenvalue weighted by Gasteiger charge is -2.19. The van der Waals surface area contributed by atoms with Crippen molar-refractivity contribution in [3.05, 3.63) is 70.2 Å². The van der Waals surface area contributed by atoms with Crippen LogP contribution in [-0.2, 0) is 27.3 Å². The zero-order valence-corrected chi connectivity index (χ0v) is 26.0. The minimum absolute atomic E-state index is 0.00117. The third kappa shape index (κ3) is 8.55. The van der Waals surface area contributed by atoms with Crippen molar-refractivity contribution in [3.63, 3.8) is 0 Å². The number of hydrogen-bond acceptors (Lipinski definition) is 6. The van der Waals surface area contributed by atoms with Gasteiger partial charge in [0.15, 0.2) is 6.10 Å². The fourth-order valence-corrected chi connectivity index (χ4v) is 5.06. The highest BCUT2D eigenvalue weighted by Crippen LogP contribution is 2.27. The maximum absolute atomic E-state index is 14.3. The molecule has 1 unspecified atom stereocenters. The van der Waals surface area contributed by atoms with Crippen LogP contribution in [0.4, 0.5) is 14.9 Å². The van der Waals surface area contributed by atoms with E-state index in [0.717, 1.165) is 31.5 Å². The molecule has 1 atom stereocenters. The second-order valence-corrected chi connectivity index (χ2v) is 12.5. The number of pyridine rings is 1. The molecule has 1 aromatic carbocycles. The fourth-order valence-electron chi connectivity index (χ4n) is 5.06. The number of allylic oxidation sites excluding steroid dienone is 1. The molecule has 1 saturated heterocycles. The average molecular weight is 609 g/mol. The molecule has 12 heteroatoms. The third-order valence-corrected chi connectivity index (χ3v) is 7.17. The number of benzene rings is 1. The van der Waals surface area contributed by atoms with Crippen LogP contribution in [0.5, 0.6) is 0 Å². The van der Waals surface area contributed by atoms with Gasteiger partial charge in [0.1, 0.15) is 17.3 Å². The van der Waals surface area contributed by atoms with E-state index in [4.69, 9.17) is 4.74 Å². The summed E-state index contributed by atoms with van der Waals surface area (Å²) in [6.07, 6.45) is 5.81. The zero-order valence-electron chi connectivity index (χ0n) is 26.0. The van der Waals surface area contributed by atoms with E-state index in [9.17, 15) is 23.6 Å². The number of nitrogens with one attached hydrogen (secondary N) is 2. The van der Waals surface area contributed by atoms with E-state index in [0.29, 0.717) is 29.7 Å². The Labute approximate surface area is 256 Å². The molecule has 11 nitrogen and oxygen atoms in total. The Kier molecular flexibility index (Phi) is 10.2. The summed E-state index contributed by atoms with van der Waals surface area (Å²) >= 11 is 0. The summed E-state index contributed by atoms with van der Waals surface area (Å²) in [6.45, 7) is 7.72. The number of aromatic nitrogens is 3. The van der Waals surface area contributed by atoms with Crippen LogP contribution in [0, 0.1) is 11.2 Å². The number of carbonyl (C=O) groups excluding carboxylic acids is 3. The molecular weight excluding hydrogens is 567 g/mol. The van der Waals surface area contributed by atoms with Gasteiger partial charge in [-0.1, -0.05) is 26.8 Å². The molecule has 2 aromatic heterocycles. The Bertz CT molecular complexity index is 1600. The van der Waals surface area contributed by atoms with Gasteiger partial charge < -0.3 is 29.4 Å². The molecule has 44 heavy (non-hydrogen) atoms. The van der Waals surface area contributed by atoms with E-state index in [-0.39, 0.29) is 35.8 Å². The number of aromatic amines is 1. The lowest BCUT2D eigenvalue weighted by molar-refractivity contribution is -0.125. The number of halogens is 1. The molecule has 0 bridgehead atoms. The Morgan fingerprint density at radius 1 is 1.20 bits per heavy atom. The van der Waals surface area contributed by atoms with Gasteiger partial charge in [0.25, 0.3) is 11.5 Å². The summed E-state index contributed by atoms with van der Waals surface area (Å²) in [4.78, 5) is 61.8. The van der Waals surface area contributed by atoms with Crippen LogP contribution in [0.15, 0.2) is 47.4 Å². The summed E-state index contributed by atoms with van der Waals surface area (Å²) in [5.74, 6) is -0.662. The van der Waals surface area contributed by atoms with Crippen LogP contribution in [0.3, 0.4) is 0 Å². The average Bonchev–Trinajstić information content (AvgIpc) is 3.62. The van der Waals surface area contributed by atoms with Crippen LogP contribution < -0.4 is 10.9 Å².